The van der Waals surface area contributed by atoms with E-state index in [2.05, 4.69) is 0 Å². The first kappa shape index (κ1) is 12.2. The summed E-state index contributed by atoms with van der Waals surface area (Å²) in [5, 5.41) is 0. The van der Waals surface area contributed by atoms with Crippen molar-refractivity contribution in [1.82, 2.24) is 0 Å². The molecule has 0 spiro atoms. The van der Waals surface area contributed by atoms with Crippen LogP contribution in [0, 0.1) is 18.6 Å². The summed E-state index contributed by atoms with van der Waals surface area (Å²) in [6.07, 6.45) is 0. The molecule has 0 heterocycles. The Kier molecular flexibility index (Phi) is 3.10. The van der Waals surface area contributed by atoms with E-state index in [9.17, 15) is 13.6 Å². The van der Waals surface area contributed by atoms with Gasteiger partial charge in [-0.2, -0.15) is 0 Å². The highest BCUT2D eigenvalue weighted by molar-refractivity contribution is 6.09. The number of carbonyl (C=O) groups excluding carboxylic acids is 1. The second-order valence-electron chi connectivity index (χ2n) is 4.02. The predicted molar refractivity (Wildman–Crippen MR) is 65.4 cm³/mol. The zero-order chi connectivity index (χ0) is 13.3. The number of nitrogen functional groups attached to an aromatic ring is 1. The van der Waals surface area contributed by atoms with Crippen molar-refractivity contribution in [2.24, 2.45) is 0 Å². The fourth-order valence-electron chi connectivity index (χ4n) is 1.64. The molecule has 18 heavy (non-hydrogen) atoms. The number of benzene rings is 2. The van der Waals surface area contributed by atoms with E-state index in [1.54, 1.807) is 19.1 Å². The van der Waals surface area contributed by atoms with E-state index >= 15 is 0 Å². The maximum absolute atomic E-state index is 13.5. The van der Waals surface area contributed by atoms with Gasteiger partial charge in [0.25, 0.3) is 0 Å². The highest BCUT2D eigenvalue weighted by Crippen LogP contribution is 2.18. The number of hydrogen-bond donors (Lipinski definition) is 1. The van der Waals surface area contributed by atoms with Crippen molar-refractivity contribution in [3.63, 3.8) is 0 Å². The molecule has 2 aromatic carbocycles. The highest BCUT2D eigenvalue weighted by atomic mass is 19.1. The Bertz CT molecular complexity index is 623. The predicted octanol–water partition coefficient (Wildman–Crippen LogP) is 3.09. The van der Waals surface area contributed by atoms with Crippen LogP contribution in [0.5, 0.6) is 0 Å². The molecule has 0 aliphatic rings. The third kappa shape index (κ3) is 2.22. The van der Waals surface area contributed by atoms with Crippen LogP contribution < -0.4 is 5.73 Å². The number of rotatable bonds is 2. The third-order valence-electron chi connectivity index (χ3n) is 2.71. The third-order valence-corrected chi connectivity index (χ3v) is 2.71. The molecule has 0 aliphatic heterocycles. The van der Waals surface area contributed by atoms with Gasteiger partial charge in [0.05, 0.1) is 5.56 Å². The highest BCUT2D eigenvalue weighted by Gasteiger charge is 2.15. The van der Waals surface area contributed by atoms with Gasteiger partial charge in [-0.05, 0) is 48.9 Å². The van der Waals surface area contributed by atoms with Gasteiger partial charge >= 0.3 is 0 Å². The van der Waals surface area contributed by atoms with Crippen molar-refractivity contribution in [2.45, 2.75) is 6.92 Å². The number of carbonyl (C=O) groups is 1. The van der Waals surface area contributed by atoms with Gasteiger partial charge in [-0.15, -0.1) is 0 Å². The Labute approximate surface area is 103 Å². The lowest BCUT2D eigenvalue weighted by Gasteiger charge is -2.05. The maximum Gasteiger partial charge on any atom is 0.196 e. The molecule has 0 bridgehead atoms. The van der Waals surface area contributed by atoms with Crippen molar-refractivity contribution in [3.05, 3.63) is 64.7 Å². The standard InChI is InChI=1S/C14H11F2NO/c1-8-6-9(2-5-13(8)17)14(18)11-7-10(15)3-4-12(11)16/h2-7H,17H2,1H3. The molecule has 0 unspecified atom stereocenters. The summed E-state index contributed by atoms with van der Waals surface area (Å²) in [7, 11) is 0. The van der Waals surface area contributed by atoms with Crippen LogP contribution in [-0.2, 0) is 0 Å². The summed E-state index contributed by atoms with van der Waals surface area (Å²) in [6.45, 7) is 1.74. The molecule has 0 aromatic heterocycles. The quantitative estimate of drug-likeness (QED) is 0.654. The molecule has 2 rings (SSSR count). The van der Waals surface area contributed by atoms with Crippen LogP contribution in [0.15, 0.2) is 36.4 Å². The molecular weight excluding hydrogens is 236 g/mol. The zero-order valence-corrected chi connectivity index (χ0v) is 9.71. The van der Waals surface area contributed by atoms with Crippen LogP contribution >= 0.6 is 0 Å². The van der Waals surface area contributed by atoms with Crippen LogP contribution in [0.3, 0.4) is 0 Å². The molecule has 0 atom stereocenters. The van der Waals surface area contributed by atoms with Gasteiger partial charge in [-0.25, -0.2) is 8.78 Å². The van der Waals surface area contributed by atoms with E-state index in [1.807, 2.05) is 0 Å². The van der Waals surface area contributed by atoms with Crippen molar-refractivity contribution >= 4 is 11.5 Å². The van der Waals surface area contributed by atoms with Crippen LogP contribution in [0.25, 0.3) is 0 Å². The number of nitrogens with two attached hydrogens (primary N) is 1. The molecule has 4 heteroatoms. The van der Waals surface area contributed by atoms with Crippen molar-refractivity contribution in [3.8, 4) is 0 Å². The second kappa shape index (κ2) is 4.56. The van der Waals surface area contributed by atoms with E-state index in [1.165, 1.54) is 6.07 Å². The first-order valence-corrected chi connectivity index (χ1v) is 5.35. The lowest BCUT2D eigenvalue weighted by Crippen LogP contribution is -2.06. The first-order chi connectivity index (χ1) is 8.49. The fraction of sp³-hybridized carbons (Fsp3) is 0.0714. The summed E-state index contributed by atoms with van der Waals surface area (Å²) in [5.74, 6) is -1.95. The molecule has 0 saturated heterocycles. The summed E-state index contributed by atoms with van der Waals surface area (Å²) in [4.78, 5) is 12.0. The smallest absolute Gasteiger partial charge is 0.196 e. The minimum Gasteiger partial charge on any atom is -0.399 e. The maximum atomic E-state index is 13.5. The van der Waals surface area contributed by atoms with Crippen LogP contribution in [0.4, 0.5) is 14.5 Å². The average molecular weight is 247 g/mol. The van der Waals surface area contributed by atoms with Crippen molar-refractivity contribution < 1.29 is 13.6 Å². The van der Waals surface area contributed by atoms with E-state index in [0.717, 1.165) is 23.8 Å². The lowest BCUT2D eigenvalue weighted by molar-refractivity contribution is 0.103. The van der Waals surface area contributed by atoms with Gasteiger partial charge in [0.1, 0.15) is 11.6 Å². The number of hydrogen-bond acceptors (Lipinski definition) is 2. The molecule has 0 amide bonds. The van der Waals surface area contributed by atoms with Crippen LogP contribution in [0.2, 0.25) is 0 Å². The van der Waals surface area contributed by atoms with E-state index < -0.39 is 17.4 Å². The fourth-order valence-corrected chi connectivity index (χ4v) is 1.64. The first-order valence-electron chi connectivity index (χ1n) is 5.35. The van der Waals surface area contributed by atoms with Crippen LogP contribution in [0.1, 0.15) is 21.5 Å². The molecule has 2 aromatic rings. The van der Waals surface area contributed by atoms with E-state index in [-0.39, 0.29) is 11.1 Å². The molecule has 0 aliphatic carbocycles. The minimum absolute atomic E-state index is 0.279. The van der Waals surface area contributed by atoms with Gasteiger partial charge in [-0.1, -0.05) is 0 Å². The molecular formula is C14H11F2NO. The Morgan fingerprint density at radius 2 is 1.83 bits per heavy atom. The van der Waals surface area contributed by atoms with Gasteiger partial charge < -0.3 is 5.73 Å². The normalized spacial score (nSPS) is 10.4. The molecule has 92 valence electrons. The summed E-state index contributed by atoms with van der Waals surface area (Å²) >= 11 is 0. The van der Waals surface area contributed by atoms with Crippen molar-refractivity contribution in [2.75, 3.05) is 5.73 Å². The number of ketones is 1. The zero-order valence-electron chi connectivity index (χ0n) is 9.71. The Morgan fingerprint density at radius 3 is 2.50 bits per heavy atom. The summed E-state index contributed by atoms with van der Waals surface area (Å²) in [6, 6.07) is 7.42. The number of halogens is 2. The monoisotopic (exact) mass is 247 g/mol. The molecule has 0 fully saturated rings. The van der Waals surface area contributed by atoms with E-state index in [4.69, 9.17) is 5.73 Å². The van der Waals surface area contributed by atoms with Crippen LogP contribution in [-0.4, -0.2) is 5.78 Å². The van der Waals surface area contributed by atoms with Gasteiger partial charge in [-0.3, -0.25) is 4.79 Å². The topological polar surface area (TPSA) is 43.1 Å². The summed E-state index contributed by atoms with van der Waals surface area (Å²) < 4.78 is 26.5. The molecule has 2 nitrogen and oxygen atoms in total. The Balaban J connectivity index is 2.47. The Morgan fingerprint density at radius 1 is 1.11 bits per heavy atom. The van der Waals surface area contributed by atoms with E-state index in [0.29, 0.717) is 5.69 Å². The van der Waals surface area contributed by atoms with Gasteiger partial charge in [0.2, 0.25) is 0 Å². The SMILES string of the molecule is Cc1cc(C(=O)c2cc(F)ccc2F)ccc1N. The molecule has 0 saturated carbocycles. The largest absolute Gasteiger partial charge is 0.399 e. The van der Waals surface area contributed by atoms with Gasteiger partial charge in [0.15, 0.2) is 5.78 Å². The molecule has 2 N–H and O–H groups in total. The summed E-state index contributed by atoms with van der Waals surface area (Å²) in [5.41, 5.74) is 6.91. The second-order valence-corrected chi connectivity index (χ2v) is 4.02. The van der Waals surface area contributed by atoms with Gasteiger partial charge in [0, 0.05) is 11.3 Å². The Hall–Kier alpha value is -2.23. The average Bonchev–Trinajstić information content (AvgIpc) is 2.35. The van der Waals surface area contributed by atoms with Crippen molar-refractivity contribution in [1.29, 1.82) is 0 Å². The number of aryl methyl sites for hydroxylation is 1. The lowest BCUT2D eigenvalue weighted by atomic mass is 10.0. The molecule has 0 radical (unpaired) electrons. The minimum atomic E-state index is -0.740. The number of anilines is 1.